The molecule has 0 fully saturated rings. The number of nitrogens with zero attached hydrogens (tertiary/aromatic N) is 3. The molecule has 1 N–H and O–H groups in total. The Morgan fingerprint density at radius 1 is 1.07 bits per heavy atom. The van der Waals surface area contributed by atoms with Crippen LogP contribution in [0.4, 0.5) is 10.2 Å². The molecule has 0 aliphatic carbocycles. The second-order valence-corrected chi connectivity index (χ2v) is 8.51. The van der Waals surface area contributed by atoms with Gasteiger partial charge < -0.3 is 5.32 Å². The molecule has 140 valence electrons. The van der Waals surface area contributed by atoms with Crippen LogP contribution >= 0.6 is 11.3 Å². The Kier molecular flexibility index (Phi) is 4.62. The summed E-state index contributed by atoms with van der Waals surface area (Å²) in [7, 11) is 0. The van der Waals surface area contributed by atoms with Crippen LogP contribution in [0.25, 0.3) is 16.2 Å². The van der Waals surface area contributed by atoms with E-state index in [0.29, 0.717) is 5.56 Å². The lowest BCUT2D eigenvalue weighted by Crippen LogP contribution is -2.27. The fourth-order valence-electron chi connectivity index (χ4n) is 2.76. The molecule has 4 nitrogen and oxygen atoms in total. The van der Waals surface area contributed by atoms with E-state index in [2.05, 4.69) is 43.0 Å². The number of anilines is 1. The van der Waals surface area contributed by atoms with Crippen LogP contribution in [-0.2, 0) is 0 Å². The summed E-state index contributed by atoms with van der Waals surface area (Å²) in [6, 6.07) is 14.2. The van der Waals surface area contributed by atoms with Gasteiger partial charge in [0.25, 0.3) is 0 Å². The highest BCUT2D eigenvalue weighted by Gasteiger charge is 2.15. The van der Waals surface area contributed by atoms with Crippen LogP contribution < -0.4 is 5.32 Å². The lowest BCUT2D eigenvalue weighted by Gasteiger charge is -2.22. The molecular formula is C22H19FN4S. The molecule has 4 rings (SSSR count). The number of hydrogen-bond donors (Lipinski definition) is 1. The van der Waals surface area contributed by atoms with Crippen LogP contribution in [0.2, 0.25) is 0 Å². The monoisotopic (exact) mass is 390 g/mol. The van der Waals surface area contributed by atoms with Crippen molar-refractivity contribution in [1.29, 1.82) is 0 Å². The number of fused-ring (bicyclic) bond motifs is 1. The Morgan fingerprint density at radius 3 is 2.71 bits per heavy atom. The molecule has 4 aromatic rings. The summed E-state index contributed by atoms with van der Waals surface area (Å²) in [5, 5.41) is 7.84. The molecule has 0 radical (unpaired) electrons. The maximum Gasteiger partial charge on any atom is 0.158 e. The molecule has 0 amide bonds. The van der Waals surface area contributed by atoms with Gasteiger partial charge in [0.1, 0.15) is 11.6 Å². The van der Waals surface area contributed by atoms with Gasteiger partial charge in [0.2, 0.25) is 0 Å². The Bertz CT molecular complexity index is 1200. The zero-order chi connectivity index (χ0) is 19.7. The minimum Gasteiger partial charge on any atom is -0.365 e. The maximum atomic E-state index is 13.3. The van der Waals surface area contributed by atoms with E-state index < -0.39 is 0 Å². The van der Waals surface area contributed by atoms with Gasteiger partial charge in [-0.25, -0.2) is 9.37 Å². The van der Waals surface area contributed by atoms with E-state index in [1.165, 1.54) is 12.1 Å². The first-order valence-corrected chi connectivity index (χ1v) is 9.70. The normalized spacial score (nSPS) is 11.3. The van der Waals surface area contributed by atoms with E-state index in [9.17, 15) is 4.39 Å². The van der Waals surface area contributed by atoms with Gasteiger partial charge in [-0.1, -0.05) is 17.9 Å². The summed E-state index contributed by atoms with van der Waals surface area (Å²) in [6.45, 7) is 6.31. The summed E-state index contributed by atoms with van der Waals surface area (Å²) < 4.78 is 15.1. The summed E-state index contributed by atoms with van der Waals surface area (Å²) in [5.41, 5.74) is 2.20. The summed E-state index contributed by atoms with van der Waals surface area (Å²) in [5.74, 6) is 6.72. The number of aromatic nitrogens is 3. The van der Waals surface area contributed by atoms with E-state index in [0.717, 1.165) is 26.9 Å². The van der Waals surface area contributed by atoms with Gasteiger partial charge in [0, 0.05) is 23.2 Å². The molecule has 0 atom stereocenters. The average Bonchev–Trinajstić information content (AvgIpc) is 3.28. The topological polar surface area (TPSA) is 42.2 Å². The number of hydrogen-bond acceptors (Lipinski definition) is 4. The Balaban J connectivity index is 1.68. The van der Waals surface area contributed by atoms with Gasteiger partial charge in [-0.05, 0) is 51.1 Å². The average molecular weight is 390 g/mol. The van der Waals surface area contributed by atoms with Crippen LogP contribution in [0.15, 0.2) is 54.7 Å². The van der Waals surface area contributed by atoms with Gasteiger partial charge >= 0.3 is 0 Å². The van der Waals surface area contributed by atoms with Gasteiger partial charge in [0.05, 0.1) is 21.6 Å². The van der Waals surface area contributed by atoms with Crippen LogP contribution in [0, 0.1) is 17.7 Å². The zero-order valence-electron chi connectivity index (χ0n) is 15.8. The number of thiophene rings is 1. The molecule has 0 saturated heterocycles. The molecule has 6 heteroatoms. The van der Waals surface area contributed by atoms with Gasteiger partial charge in [-0.2, -0.15) is 9.61 Å². The first kappa shape index (κ1) is 18.2. The van der Waals surface area contributed by atoms with E-state index in [1.54, 1.807) is 34.2 Å². The van der Waals surface area contributed by atoms with Crippen LogP contribution in [0.5, 0.6) is 0 Å². The van der Waals surface area contributed by atoms with Crippen molar-refractivity contribution in [2.45, 2.75) is 26.3 Å². The van der Waals surface area contributed by atoms with Crippen molar-refractivity contribution < 1.29 is 4.39 Å². The standard InChI is InChI=1S/C22H19FN4S/c1-22(2,3)26-21-14-18(25-20-11-12-24-27(20)21)19-10-9-17(28-19)8-7-15-5-4-6-16(23)13-15/h4-6,9-14,26H,1-3H3. The number of halogens is 1. The SMILES string of the molecule is CC(C)(C)Nc1cc(-c2ccc(C#Cc3cccc(F)c3)s2)nc2ccnn12. The fraction of sp³-hybridized carbons (Fsp3) is 0.182. The number of rotatable bonds is 2. The highest BCUT2D eigenvalue weighted by atomic mass is 32.1. The largest absolute Gasteiger partial charge is 0.365 e. The van der Waals surface area contributed by atoms with Crippen molar-refractivity contribution >= 4 is 22.8 Å². The molecule has 1 aromatic carbocycles. The highest BCUT2D eigenvalue weighted by Crippen LogP contribution is 2.29. The maximum absolute atomic E-state index is 13.3. The van der Waals surface area contributed by atoms with Crippen molar-refractivity contribution in [1.82, 2.24) is 14.6 Å². The molecule has 0 saturated carbocycles. The van der Waals surface area contributed by atoms with E-state index in [-0.39, 0.29) is 11.4 Å². The molecule has 0 unspecified atom stereocenters. The van der Waals surface area contributed by atoms with Crippen molar-refractivity contribution in [2.24, 2.45) is 0 Å². The summed E-state index contributed by atoms with van der Waals surface area (Å²) in [4.78, 5) is 6.63. The molecule has 0 aliphatic rings. The number of nitrogens with one attached hydrogen (secondary N) is 1. The first-order valence-electron chi connectivity index (χ1n) is 8.88. The molecule has 0 aliphatic heterocycles. The minimum atomic E-state index is -0.282. The Morgan fingerprint density at radius 2 is 1.93 bits per heavy atom. The summed E-state index contributed by atoms with van der Waals surface area (Å²) in [6.07, 6.45) is 1.74. The van der Waals surface area contributed by atoms with E-state index >= 15 is 0 Å². The van der Waals surface area contributed by atoms with Crippen LogP contribution in [0.1, 0.15) is 31.2 Å². The third-order valence-electron chi connectivity index (χ3n) is 3.88. The van der Waals surface area contributed by atoms with E-state index in [1.807, 2.05) is 24.3 Å². The third kappa shape index (κ3) is 4.05. The molecular weight excluding hydrogens is 371 g/mol. The quantitative estimate of drug-likeness (QED) is 0.478. The van der Waals surface area contributed by atoms with Gasteiger partial charge in [-0.3, -0.25) is 0 Å². The highest BCUT2D eigenvalue weighted by molar-refractivity contribution is 7.16. The third-order valence-corrected chi connectivity index (χ3v) is 4.90. The second-order valence-electron chi connectivity index (χ2n) is 7.43. The fourth-order valence-corrected chi connectivity index (χ4v) is 3.58. The number of benzene rings is 1. The molecule has 3 aromatic heterocycles. The smallest absolute Gasteiger partial charge is 0.158 e. The predicted molar refractivity (Wildman–Crippen MR) is 112 cm³/mol. The lowest BCUT2D eigenvalue weighted by atomic mass is 10.1. The Hall–Kier alpha value is -3.17. The molecule has 0 spiro atoms. The van der Waals surface area contributed by atoms with Crippen LogP contribution in [0.3, 0.4) is 0 Å². The minimum absolute atomic E-state index is 0.103. The molecule has 28 heavy (non-hydrogen) atoms. The lowest BCUT2D eigenvalue weighted by molar-refractivity contribution is 0.625. The zero-order valence-corrected chi connectivity index (χ0v) is 16.6. The second kappa shape index (κ2) is 7.10. The predicted octanol–water partition coefficient (Wildman–Crippen LogP) is 5.21. The van der Waals surface area contributed by atoms with Crippen molar-refractivity contribution in [2.75, 3.05) is 5.32 Å². The van der Waals surface area contributed by atoms with Gasteiger partial charge in [0.15, 0.2) is 5.65 Å². The van der Waals surface area contributed by atoms with Gasteiger partial charge in [-0.15, -0.1) is 11.3 Å². The van der Waals surface area contributed by atoms with Crippen molar-refractivity contribution in [3.8, 4) is 22.4 Å². The summed E-state index contributed by atoms with van der Waals surface area (Å²) >= 11 is 1.56. The molecule has 3 heterocycles. The van der Waals surface area contributed by atoms with E-state index in [4.69, 9.17) is 4.98 Å². The Labute approximate surface area is 167 Å². The van der Waals surface area contributed by atoms with Crippen LogP contribution in [-0.4, -0.2) is 20.1 Å². The first-order chi connectivity index (χ1) is 13.4. The van der Waals surface area contributed by atoms with Crippen molar-refractivity contribution in [3.63, 3.8) is 0 Å². The molecule has 0 bridgehead atoms. The van der Waals surface area contributed by atoms with Crippen molar-refractivity contribution in [3.05, 3.63) is 71.0 Å².